The van der Waals surface area contributed by atoms with E-state index in [1.165, 1.54) is 12.3 Å². The van der Waals surface area contributed by atoms with Gasteiger partial charge in [0.1, 0.15) is 11.4 Å². The Kier molecular flexibility index (Phi) is 7.94. The van der Waals surface area contributed by atoms with Crippen LogP contribution in [0.1, 0.15) is 52.4 Å². The van der Waals surface area contributed by atoms with Crippen LogP contribution >= 0.6 is 0 Å². The zero-order valence-electron chi connectivity index (χ0n) is 20.0. The fourth-order valence-corrected chi connectivity index (χ4v) is 5.12. The van der Waals surface area contributed by atoms with Crippen molar-refractivity contribution in [2.45, 2.75) is 52.0 Å². The molecule has 8 heteroatoms. The predicted octanol–water partition coefficient (Wildman–Crippen LogP) is 5.31. The number of rotatable bonds is 10. The summed E-state index contributed by atoms with van der Waals surface area (Å²) in [4.78, 5) is 18.6. The van der Waals surface area contributed by atoms with Crippen molar-refractivity contribution in [2.24, 2.45) is 0 Å². The Morgan fingerprint density at radius 1 is 1.03 bits per heavy atom. The molecule has 0 radical (unpaired) electrons. The second-order valence-corrected chi connectivity index (χ2v) is 10.1. The van der Waals surface area contributed by atoms with Gasteiger partial charge in [-0.1, -0.05) is 49.7 Å². The zero-order chi connectivity index (χ0) is 24.9. The lowest BCUT2D eigenvalue weighted by Gasteiger charge is -2.25. The van der Waals surface area contributed by atoms with Gasteiger partial charge in [-0.3, -0.25) is 4.72 Å². The van der Waals surface area contributed by atoms with E-state index >= 15 is 0 Å². The molecule has 3 rings (SSSR count). The number of pyridine rings is 1. The summed E-state index contributed by atoms with van der Waals surface area (Å²) in [6.07, 6.45) is 3.19. The zero-order valence-corrected chi connectivity index (χ0v) is 20.8. The summed E-state index contributed by atoms with van der Waals surface area (Å²) in [5, 5.41) is 9.91. The number of unbranched alkanes of at least 4 members (excludes halogenated alkanes) is 1. The minimum absolute atomic E-state index is 0.0518. The SMILES string of the molecule is CCCCN(Cc1ccccc1)c1ncc(NS(=O)(=O)c2cc(C)c(C)cc2C)cc1C(=O)O. The average Bonchev–Trinajstić information content (AvgIpc) is 2.79. The normalized spacial score (nSPS) is 11.3. The van der Waals surface area contributed by atoms with E-state index in [9.17, 15) is 18.3 Å². The van der Waals surface area contributed by atoms with E-state index < -0.39 is 16.0 Å². The summed E-state index contributed by atoms with van der Waals surface area (Å²) in [6.45, 7) is 8.71. The van der Waals surface area contributed by atoms with Crippen molar-refractivity contribution in [3.05, 3.63) is 82.5 Å². The van der Waals surface area contributed by atoms with Crippen LogP contribution in [0.25, 0.3) is 0 Å². The van der Waals surface area contributed by atoms with Gasteiger partial charge in [-0.25, -0.2) is 18.2 Å². The molecule has 0 saturated carbocycles. The molecule has 0 saturated heterocycles. The van der Waals surface area contributed by atoms with Crippen molar-refractivity contribution in [2.75, 3.05) is 16.2 Å². The fourth-order valence-electron chi connectivity index (χ4n) is 3.77. The molecule has 0 atom stereocenters. The number of hydrogen-bond acceptors (Lipinski definition) is 5. The molecule has 0 unspecified atom stereocenters. The number of carboxylic acid groups (broad SMARTS) is 1. The second kappa shape index (κ2) is 10.7. The largest absolute Gasteiger partial charge is 0.478 e. The maximum atomic E-state index is 13.1. The summed E-state index contributed by atoms with van der Waals surface area (Å²) in [7, 11) is -3.92. The third-order valence-corrected chi connectivity index (χ3v) is 7.25. The van der Waals surface area contributed by atoms with Gasteiger partial charge in [0.25, 0.3) is 10.0 Å². The average molecular weight is 482 g/mol. The molecule has 0 aliphatic heterocycles. The molecular formula is C26H31N3O4S. The van der Waals surface area contributed by atoms with Crippen LogP contribution < -0.4 is 9.62 Å². The number of sulfonamides is 1. The molecule has 34 heavy (non-hydrogen) atoms. The summed E-state index contributed by atoms with van der Waals surface area (Å²) in [5.74, 6) is -0.851. The molecule has 0 amide bonds. The number of hydrogen-bond donors (Lipinski definition) is 2. The number of aromatic carboxylic acids is 1. The maximum Gasteiger partial charge on any atom is 0.339 e. The first kappa shape index (κ1) is 25.2. The summed E-state index contributed by atoms with van der Waals surface area (Å²) < 4.78 is 28.6. The third-order valence-electron chi connectivity index (χ3n) is 5.73. The highest BCUT2D eigenvalue weighted by Crippen LogP contribution is 2.27. The monoisotopic (exact) mass is 481 g/mol. The number of anilines is 2. The summed E-state index contributed by atoms with van der Waals surface area (Å²) in [5.41, 5.74) is 3.57. The Labute approximate surface area is 201 Å². The molecule has 3 aromatic rings. The van der Waals surface area contributed by atoms with Crippen molar-refractivity contribution >= 4 is 27.5 Å². The van der Waals surface area contributed by atoms with Crippen molar-refractivity contribution in [3.8, 4) is 0 Å². The van der Waals surface area contributed by atoms with Crippen LogP contribution in [0.4, 0.5) is 11.5 Å². The van der Waals surface area contributed by atoms with Gasteiger partial charge in [0.2, 0.25) is 0 Å². The minimum Gasteiger partial charge on any atom is -0.478 e. The van der Waals surface area contributed by atoms with Crippen LogP contribution in [-0.4, -0.2) is 31.0 Å². The van der Waals surface area contributed by atoms with Crippen LogP contribution in [0.15, 0.2) is 59.6 Å². The molecule has 0 spiro atoms. The number of nitrogens with one attached hydrogen (secondary N) is 1. The number of nitrogens with zero attached hydrogens (tertiary/aromatic N) is 2. The highest BCUT2D eigenvalue weighted by Gasteiger charge is 2.22. The summed E-state index contributed by atoms with van der Waals surface area (Å²) >= 11 is 0. The Balaban J connectivity index is 1.97. The van der Waals surface area contributed by atoms with Gasteiger partial charge in [0.15, 0.2) is 0 Å². The van der Waals surface area contributed by atoms with Gasteiger partial charge in [-0.2, -0.15) is 0 Å². The molecule has 0 bridgehead atoms. The Morgan fingerprint density at radius 3 is 2.35 bits per heavy atom. The van der Waals surface area contributed by atoms with E-state index in [1.807, 2.05) is 55.1 Å². The van der Waals surface area contributed by atoms with E-state index in [0.717, 1.165) is 29.5 Å². The first-order valence-electron chi connectivity index (χ1n) is 11.2. The highest BCUT2D eigenvalue weighted by molar-refractivity contribution is 7.92. The molecule has 0 fully saturated rings. The van der Waals surface area contributed by atoms with E-state index in [-0.39, 0.29) is 16.1 Å². The van der Waals surface area contributed by atoms with Gasteiger partial charge >= 0.3 is 5.97 Å². The fraction of sp³-hybridized carbons (Fsp3) is 0.308. The molecule has 180 valence electrons. The molecule has 0 aliphatic carbocycles. The lowest BCUT2D eigenvalue weighted by Crippen LogP contribution is -2.27. The first-order valence-corrected chi connectivity index (χ1v) is 12.7. The molecule has 7 nitrogen and oxygen atoms in total. The number of carboxylic acids is 1. The molecule has 1 aromatic heterocycles. The molecule has 2 N–H and O–H groups in total. The van der Waals surface area contributed by atoms with Gasteiger partial charge in [0.05, 0.1) is 16.8 Å². The first-order chi connectivity index (χ1) is 16.1. The van der Waals surface area contributed by atoms with E-state index in [4.69, 9.17) is 0 Å². The minimum atomic E-state index is -3.92. The molecule has 0 aliphatic rings. The Bertz CT molecular complexity index is 1270. The van der Waals surface area contributed by atoms with Crippen LogP contribution in [0.5, 0.6) is 0 Å². The van der Waals surface area contributed by atoms with Crippen molar-refractivity contribution < 1.29 is 18.3 Å². The smallest absolute Gasteiger partial charge is 0.339 e. The van der Waals surface area contributed by atoms with Crippen LogP contribution in [0.3, 0.4) is 0 Å². The standard InChI is InChI=1S/C26H31N3O4S/c1-5-6-12-29(17-21-10-8-7-9-11-21)25-23(26(30)31)15-22(16-27-25)28-34(32,33)24-14-19(3)18(2)13-20(24)4/h7-11,13-16,28H,5-6,12,17H2,1-4H3,(H,30,31). The quantitative estimate of drug-likeness (QED) is 0.407. The highest BCUT2D eigenvalue weighted by atomic mass is 32.2. The molecule has 2 aromatic carbocycles. The van der Waals surface area contributed by atoms with Gasteiger partial charge in [0, 0.05) is 13.1 Å². The maximum absolute atomic E-state index is 13.1. The van der Waals surface area contributed by atoms with E-state index in [2.05, 4.69) is 16.6 Å². The van der Waals surface area contributed by atoms with Crippen molar-refractivity contribution in [3.63, 3.8) is 0 Å². The van der Waals surface area contributed by atoms with Crippen LogP contribution in [-0.2, 0) is 16.6 Å². The molecular weight excluding hydrogens is 450 g/mol. The van der Waals surface area contributed by atoms with Gasteiger partial charge < -0.3 is 10.0 Å². The van der Waals surface area contributed by atoms with Crippen LogP contribution in [0, 0.1) is 20.8 Å². The lowest BCUT2D eigenvalue weighted by molar-refractivity contribution is 0.0697. The number of carbonyl (C=O) groups is 1. The second-order valence-electron chi connectivity index (χ2n) is 8.47. The third kappa shape index (κ3) is 5.94. The van der Waals surface area contributed by atoms with Crippen molar-refractivity contribution in [1.29, 1.82) is 0 Å². The number of aryl methyl sites for hydroxylation is 3. The molecule has 1 heterocycles. The Hall–Kier alpha value is -3.39. The van der Waals surface area contributed by atoms with E-state index in [1.54, 1.807) is 13.0 Å². The van der Waals surface area contributed by atoms with Gasteiger partial charge in [-0.05, 0) is 61.6 Å². The lowest BCUT2D eigenvalue weighted by atomic mass is 10.1. The Morgan fingerprint density at radius 2 is 1.71 bits per heavy atom. The number of benzene rings is 2. The van der Waals surface area contributed by atoms with E-state index in [0.29, 0.717) is 24.5 Å². The van der Waals surface area contributed by atoms with Crippen LogP contribution in [0.2, 0.25) is 0 Å². The van der Waals surface area contributed by atoms with Crippen molar-refractivity contribution in [1.82, 2.24) is 4.98 Å². The van der Waals surface area contributed by atoms with Gasteiger partial charge in [-0.15, -0.1) is 0 Å². The topological polar surface area (TPSA) is 99.6 Å². The number of aromatic nitrogens is 1. The predicted molar refractivity (Wildman–Crippen MR) is 135 cm³/mol. The summed E-state index contributed by atoms with van der Waals surface area (Å²) in [6, 6.07) is 14.5.